The van der Waals surface area contributed by atoms with Gasteiger partial charge < -0.3 is 4.90 Å². The Morgan fingerprint density at radius 1 is 1.19 bits per heavy atom. The first-order chi connectivity index (χ1) is 9.69. The maximum Gasteiger partial charge on any atom is 0.244 e. The molecule has 4 nitrogen and oxygen atoms in total. The quantitative estimate of drug-likeness (QED) is 0.706. The summed E-state index contributed by atoms with van der Waals surface area (Å²) >= 11 is 6.69. The number of benzene rings is 1. The van der Waals surface area contributed by atoms with Gasteiger partial charge in [0.15, 0.2) is 0 Å². The lowest BCUT2D eigenvalue weighted by atomic mass is 9.75. The predicted molar refractivity (Wildman–Crippen MR) is 91.9 cm³/mol. The Labute approximate surface area is 143 Å². The lowest BCUT2D eigenvalue weighted by molar-refractivity contribution is 0.0455. The van der Waals surface area contributed by atoms with Gasteiger partial charge in [-0.25, -0.2) is 8.42 Å². The third-order valence-electron chi connectivity index (χ3n) is 4.33. The number of hydrogen-bond donors (Lipinski definition) is 0. The molecule has 0 unspecified atom stereocenters. The van der Waals surface area contributed by atoms with Crippen LogP contribution in [-0.4, -0.2) is 50.8 Å². The number of hydrogen-bond acceptors (Lipinski definition) is 3. The Bertz CT molecular complexity index is 628. The van der Waals surface area contributed by atoms with Crippen LogP contribution in [-0.2, 0) is 10.0 Å². The van der Waals surface area contributed by atoms with E-state index >= 15 is 0 Å². The zero-order chi connectivity index (χ0) is 15.8. The fourth-order valence-electron chi connectivity index (χ4n) is 2.68. The molecule has 0 aliphatic heterocycles. The summed E-state index contributed by atoms with van der Waals surface area (Å²) in [6.07, 6.45) is 3.25. The van der Waals surface area contributed by atoms with Crippen LogP contribution in [0.2, 0.25) is 0 Å². The van der Waals surface area contributed by atoms with Gasteiger partial charge in [0.05, 0.1) is 4.90 Å². The molecule has 0 bridgehead atoms. The number of sulfonamides is 1. The molecule has 1 fully saturated rings. The zero-order valence-electron chi connectivity index (χ0n) is 12.4. The Hall–Kier alpha value is 0.0500. The van der Waals surface area contributed by atoms with Crippen LogP contribution in [0, 0.1) is 0 Å². The van der Waals surface area contributed by atoms with Gasteiger partial charge in [0.25, 0.3) is 0 Å². The summed E-state index contributed by atoms with van der Waals surface area (Å²) in [5.41, 5.74) is -0.0241. The van der Waals surface area contributed by atoms with E-state index in [2.05, 4.69) is 36.8 Å². The molecule has 21 heavy (non-hydrogen) atoms. The highest BCUT2D eigenvalue weighted by molar-refractivity contribution is 9.11. The molecular weight excluding hydrogens is 420 g/mol. The average molecular weight is 440 g/mol. The van der Waals surface area contributed by atoms with Crippen molar-refractivity contribution in [1.82, 2.24) is 9.21 Å². The lowest BCUT2D eigenvalue weighted by Crippen LogP contribution is -2.57. The molecule has 118 valence electrons. The van der Waals surface area contributed by atoms with Gasteiger partial charge in [-0.05, 0) is 67.5 Å². The molecule has 0 radical (unpaired) electrons. The van der Waals surface area contributed by atoms with Crippen LogP contribution >= 0.6 is 31.9 Å². The second-order valence-electron chi connectivity index (χ2n) is 5.81. The van der Waals surface area contributed by atoms with E-state index in [-0.39, 0.29) is 5.54 Å². The van der Waals surface area contributed by atoms with Crippen LogP contribution in [0.3, 0.4) is 0 Å². The molecule has 0 N–H and O–H groups in total. The molecule has 1 aliphatic carbocycles. The van der Waals surface area contributed by atoms with Gasteiger partial charge in [0, 0.05) is 28.1 Å². The Kier molecular flexibility index (Phi) is 5.20. The van der Waals surface area contributed by atoms with Crippen molar-refractivity contribution < 1.29 is 8.42 Å². The van der Waals surface area contributed by atoms with Gasteiger partial charge in [0.1, 0.15) is 0 Å². The van der Waals surface area contributed by atoms with Gasteiger partial charge in [-0.3, -0.25) is 0 Å². The van der Waals surface area contributed by atoms with Gasteiger partial charge >= 0.3 is 0 Å². The Morgan fingerprint density at radius 3 is 2.24 bits per heavy atom. The highest BCUT2D eigenvalue weighted by Gasteiger charge is 2.42. The van der Waals surface area contributed by atoms with Crippen LogP contribution in [0.25, 0.3) is 0 Å². The maximum absolute atomic E-state index is 12.8. The van der Waals surface area contributed by atoms with E-state index in [0.717, 1.165) is 23.7 Å². The number of likely N-dealkylation sites (N-methyl/N-ethyl adjacent to an activating group) is 2. The molecule has 1 aromatic rings. The highest BCUT2D eigenvalue weighted by Crippen LogP contribution is 2.38. The molecule has 1 aromatic carbocycles. The standard InChI is InChI=1S/C14H20Br2N2O2S/c1-17(2)14(7-4-8-14)10-18(3)21(19,20)13-6-5-11(15)9-12(13)16/h5-6,9H,4,7-8,10H2,1-3H3. The Balaban J connectivity index is 2.27. The molecule has 0 heterocycles. The van der Waals surface area contributed by atoms with E-state index in [9.17, 15) is 8.42 Å². The lowest BCUT2D eigenvalue weighted by Gasteiger charge is -2.49. The molecule has 1 aliphatic rings. The van der Waals surface area contributed by atoms with Crippen molar-refractivity contribution in [2.45, 2.75) is 29.7 Å². The minimum Gasteiger partial charge on any atom is -0.302 e. The van der Waals surface area contributed by atoms with Crippen LogP contribution in [0.5, 0.6) is 0 Å². The normalized spacial score (nSPS) is 18.0. The fraction of sp³-hybridized carbons (Fsp3) is 0.571. The minimum absolute atomic E-state index is 0.0241. The van der Waals surface area contributed by atoms with Crippen LogP contribution < -0.4 is 0 Å². The second kappa shape index (κ2) is 6.28. The van der Waals surface area contributed by atoms with Crippen molar-refractivity contribution in [3.63, 3.8) is 0 Å². The summed E-state index contributed by atoms with van der Waals surface area (Å²) in [4.78, 5) is 2.46. The van der Waals surface area contributed by atoms with E-state index in [1.54, 1.807) is 25.2 Å². The fourth-order valence-corrected chi connectivity index (χ4v) is 5.64. The summed E-state index contributed by atoms with van der Waals surface area (Å²) < 4.78 is 28.4. The van der Waals surface area contributed by atoms with E-state index in [1.165, 1.54) is 4.31 Å². The molecule has 2 rings (SSSR count). The third-order valence-corrected chi connectivity index (χ3v) is 7.61. The monoisotopic (exact) mass is 438 g/mol. The summed E-state index contributed by atoms with van der Waals surface area (Å²) in [6, 6.07) is 5.13. The molecule has 0 spiro atoms. The zero-order valence-corrected chi connectivity index (χ0v) is 16.4. The van der Waals surface area contributed by atoms with Gasteiger partial charge in [-0.2, -0.15) is 4.31 Å². The Morgan fingerprint density at radius 2 is 1.81 bits per heavy atom. The highest BCUT2D eigenvalue weighted by atomic mass is 79.9. The number of nitrogens with zero attached hydrogens (tertiary/aromatic N) is 2. The molecule has 0 amide bonds. The number of halogens is 2. The second-order valence-corrected chi connectivity index (χ2v) is 9.59. The SMILES string of the molecule is CN(C)C1(CN(C)S(=O)(=O)c2ccc(Br)cc2Br)CCC1. The van der Waals surface area contributed by atoms with Crippen molar-refractivity contribution in [1.29, 1.82) is 0 Å². The van der Waals surface area contributed by atoms with Crippen molar-refractivity contribution >= 4 is 41.9 Å². The third kappa shape index (κ3) is 3.37. The topological polar surface area (TPSA) is 40.6 Å². The average Bonchev–Trinajstić information content (AvgIpc) is 2.32. The van der Waals surface area contributed by atoms with Crippen molar-refractivity contribution in [3.05, 3.63) is 27.1 Å². The largest absolute Gasteiger partial charge is 0.302 e. The van der Waals surface area contributed by atoms with Crippen molar-refractivity contribution in [2.75, 3.05) is 27.7 Å². The predicted octanol–water partition coefficient (Wildman–Crippen LogP) is 3.32. The molecule has 0 aromatic heterocycles. The van der Waals surface area contributed by atoms with Gasteiger partial charge in [0.2, 0.25) is 10.0 Å². The van der Waals surface area contributed by atoms with E-state index < -0.39 is 10.0 Å². The van der Waals surface area contributed by atoms with Crippen molar-refractivity contribution in [2.24, 2.45) is 0 Å². The maximum atomic E-state index is 12.8. The van der Waals surface area contributed by atoms with Crippen LogP contribution in [0.1, 0.15) is 19.3 Å². The molecule has 0 saturated heterocycles. The minimum atomic E-state index is -3.49. The van der Waals surface area contributed by atoms with Crippen LogP contribution in [0.4, 0.5) is 0 Å². The molecule has 7 heteroatoms. The first kappa shape index (κ1) is 17.4. The van der Waals surface area contributed by atoms with Gasteiger partial charge in [-0.15, -0.1) is 0 Å². The summed E-state index contributed by atoms with van der Waals surface area (Å²) in [7, 11) is 2.22. The smallest absolute Gasteiger partial charge is 0.244 e. The summed E-state index contributed by atoms with van der Waals surface area (Å²) in [5.74, 6) is 0. The first-order valence-corrected chi connectivity index (χ1v) is 9.80. The van der Waals surface area contributed by atoms with Gasteiger partial charge in [-0.1, -0.05) is 15.9 Å². The summed E-state index contributed by atoms with van der Waals surface area (Å²) in [5, 5.41) is 0. The number of rotatable bonds is 5. The van der Waals surface area contributed by atoms with E-state index in [1.807, 2.05) is 14.1 Å². The van der Waals surface area contributed by atoms with E-state index in [4.69, 9.17) is 0 Å². The first-order valence-electron chi connectivity index (χ1n) is 6.78. The van der Waals surface area contributed by atoms with Crippen LogP contribution in [0.15, 0.2) is 32.0 Å². The molecule has 1 saturated carbocycles. The summed E-state index contributed by atoms with van der Waals surface area (Å²) in [6.45, 7) is 0.519. The van der Waals surface area contributed by atoms with E-state index in [0.29, 0.717) is 15.9 Å². The van der Waals surface area contributed by atoms with Crippen molar-refractivity contribution in [3.8, 4) is 0 Å². The molecular formula is C14H20Br2N2O2S. The molecule has 0 atom stereocenters.